The molecule has 94 valence electrons. The van der Waals surface area contributed by atoms with E-state index in [0.29, 0.717) is 12.3 Å². The molecule has 0 aromatic heterocycles. The lowest BCUT2D eigenvalue weighted by Crippen LogP contribution is -2.42. The summed E-state index contributed by atoms with van der Waals surface area (Å²) in [5, 5.41) is 8.77. The predicted octanol–water partition coefficient (Wildman–Crippen LogP) is 2.13. The highest BCUT2D eigenvalue weighted by Crippen LogP contribution is 2.12. The van der Waals surface area contributed by atoms with Crippen LogP contribution in [0.15, 0.2) is 0 Å². The molecule has 0 saturated heterocycles. The maximum Gasteiger partial charge on any atom is 0.323 e. The van der Waals surface area contributed by atoms with Crippen LogP contribution in [0.1, 0.15) is 47.0 Å². The Morgan fingerprint density at radius 3 is 2.12 bits per heavy atom. The Hall–Kier alpha value is -1.06. The molecule has 0 aromatic rings. The van der Waals surface area contributed by atoms with E-state index in [0.717, 1.165) is 12.8 Å². The highest BCUT2D eigenvalue weighted by atomic mass is 16.4. The van der Waals surface area contributed by atoms with Crippen LogP contribution in [0.5, 0.6) is 0 Å². The molecule has 0 aliphatic heterocycles. The Balaban J connectivity index is 4.49. The van der Waals surface area contributed by atoms with Crippen LogP contribution in [0, 0.1) is 5.92 Å². The molecule has 0 rings (SSSR count). The minimum atomic E-state index is -0.946. The molecule has 4 nitrogen and oxygen atoms in total. The van der Waals surface area contributed by atoms with Crippen molar-refractivity contribution < 1.29 is 14.7 Å². The summed E-state index contributed by atoms with van der Waals surface area (Å²) in [5.74, 6) is -0.684. The number of nitrogens with zero attached hydrogens (tertiary/aromatic N) is 1. The maximum atomic E-state index is 11.9. The van der Waals surface area contributed by atoms with Crippen molar-refractivity contribution in [3.05, 3.63) is 0 Å². The molecule has 1 amide bonds. The fraction of sp³-hybridized carbons (Fsp3) is 0.833. The summed E-state index contributed by atoms with van der Waals surface area (Å²) in [6.07, 6.45) is 2.15. The number of aliphatic carboxylic acids is 1. The number of rotatable bonds is 7. The third kappa shape index (κ3) is 5.14. The van der Waals surface area contributed by atoms with Crippen molar-refractivity contribution in [2.75, 3.05) is 6.54 Å². The Morgan fingerprint density at radius 2 is 1.75 bits per heavy atom. The third-order valence-electron chi connectivity index (χ3n) is 2.97. The molecule has 0 aromatic carbocycles. The van der Waals surface area contributed by atoms with Crippen LogP contribution in [-0.4, -0.2) is 34.5 Å². The van der Waals surface area contributed by atoms with Gasteiger partial charge in [0.2, 0.25) is 5.91 Å². The first-order valence-corrected chi connectivity index (χ1v) is 5.93. The highest BCUT2D eigenvalue weighted by molar-refractivity contribution is 5.81. The van der Waals surface area contributed by atoms with Gasteiger partial charge in [-0.15, -0.1) is 0 Å². The van der Waals surface area contributed by atoms with Crippen molar-refractivity contribution in [2.45, 2.75) is 53.0 Å². The van der Waals surface area contributed by atoms with Gasteiger partial charge in [0.1, 0.15) is 6.54 Å². The molecule has 0 radical (unpaired) electrons. The molecular formula is C12H23NO3. The molecule has 1 N–H and O–H groups in total. The van der Waals surface area contributed by atoms with Gasteiger partial charge in [-0.3, -0.25) is 9.59 Å². The largest absolute Gasteiger partial charge is 0.480 e. The lowest BCUT2D eigenvalue weighted by molar-refractivity contribution is -0.146. The van der Waals surface area contributed by atoms with E-state index in [2.05, 4.69) is 0 Å². The molecule has 4 heteroatoms. The summed E-state index contributed by atoms with van der Waals surface area (Å²) in [5.41, 5.74) is 0. The molecule has 0 fully saturated rings. The Morgan fingerprint density at radius 1 is 1.19 bits per heavy atom. The smallest absolute Gasteiger partial charge is 0.323 e. The summed E-state index contributed by atoms with van der Waals surface area (Å²) in [6, 6.07) is -0.00680. The fourth-order valence-electron chi connectivity index (χ4n) is 1.42. The number of carboxylic acid groups (broad SMARTS) is 1. The molecule has 0 aliphatic rings. The molecule has 2 atom stereocenters. The van der Waals surface area contributed by atoms with Crippen molar-refractivity contribution in [1.29, 1.82) is 0 Å². The predicted molar refractivity (Wildman–Crippen MR) is 63.2 cm³/mol. The first-order chi connectivity index (χ1) is 7.42. The van der Waals surface area contributed by atoms with E-state index in [9.17, 15) is 9.59 Å². The summed E-state index contributed by atoms with van der Waals surface area (Å²) in [4.78, 5) is 24.1. The van der Waals surface area contributed by atoms with Gasteiger partial charge in [-0.2, -0.15) is 0 Å². The van der Waals surface area contributed by atoms with Gasteiger partial charge in [0.15, 0.2) is 0 Å². The van der Waals surface area contributed by atoms with E-state index in [-0.39, 0.29) is 18.5 Å². The summed E-state index contributed by atoms with van der Waals surface area (Å²) < 4.78 is 0. The number of hydrogen-bond acceptors (Lipinski definition) is 2. The number of amides is 1. The second-order valence-electron chi connectivity index (χ2n) is 4.39. The Bertz CT molecular complexity index is 240. The van der Waals surface area contributed by atoms with E-state index in [1.165, 1.54) is 4.90 Å². The second kappa shape index (κ2) is 7.25. The number of hydrogen-bond donors (Lipinski definition) is 1. The summed E-state index contributed by atoms with van der Waals surface area (Å²) in [6.45, 7) is 7.69. The lowest BCUT2D eigenvalue weighted by Gasteiger charge is -2.28. The Labute approximate surface area is 97.6 Å². The van der Waals surface area contributed by atoms with Crippen LogP contribution < -0.4 is 0 Å². The van der Waals surface area contributed by atoms with Gasteiger partial charge < -0.3 is 10.0 Å². The molecule has 0 saturated carbocycles. The van der Waals surface area contributed by atoms with Crippen molar-refractivity contribution in [3.8, 4) is 0 Å². The second-order valence-corrected chi connectivity index (χ2v) is 4.39. The minimum absolute atomic E-state index is 0.00680. The maximum absolute atomic E-state index is 11.9. The zero-order valence-electron chi connectivity index (χ0n) is 10.7. The third-order valence-corrected chi connectivity index (χ3v) is 2.97. The molecule has 0 unspecified atom stereocenters. The number of carbonyl (C=O) groups excluding carboxylic acids is 1. The first-order valence-electron chi connectivity index (χ1n) is 5.93. The molecule has 0 heterocycles. The average molecular weight is 229 g/mol. The highest BCUT2D eigenvalue weighted by Gasteiger charge is 2.22. The van der Waals surface area contributed by atoms with Crippen molar-refractivity contribution in [1.82, 2.24) is 4.90 Å². The number of carbonyl (C=O) groups is 2. The summed E-state index contributed by atoms with van der Waals surface area (Å²) in [7, 11) is 0. The van der Waals surface area contributed by atoms with Crippen molar-refractivity contribution in [2.24, 2.45) is 5.92 Å². The van der Waals surface area contributed by atoms with E-state index in [1.807, 2.05) is 27.7 Å². The average Bonchev–Trinajstić information content (AvgIpc) is 2.24. The monoisotopic (exact) mass is 229 g/mol. The SMILES string of the molecule is CC[C@H](C)CC(=O)N(CC(=O)O)[C@@H](C)CC. The van der Waals surface area contributed by atoms with Crippen LogP contribution in [0.2, 0.25) is 0 Å². The van der Waals surface area contributed by atoms with Gasteiger partial charge in [0.05, 0.1) is 0 Å². The molecule has 0 bridgehead atoms. The topological polar surface area (TPSA) is 57.6 Å². The van der Waals surface area contributed by atoms with E-state index in [4.69, 9.17) is 5.11 Å². The van der Waals surface area contributed by atoms with Crippen LogP contribution in [-0.2, 0) is 9.59 Å². The molecular weight excluding hydrogens is 206 g/mol. The minimum Gasteiger partial charge on any atom is -0.480 e. The van der Waals surface area contributed by atoms with E-state index >= 15 is 0 Å². The van der Waals surface area contributed by atoms with Crippen LogP contribution >= 0.6 is 0 Å². The van der Waals surface area contributed by atoms with E-state index in [1.54, 1.807) is 0 Å². The van der Waals surface area contributed by atoms with Gasteiger partial charge in [-0.25, -0.2) is 0 Å². The zero-order chi connectivity index (χ0) is 12.7. The van der Waals surface area contributed by atoms with Gasteiger partial charge >= 0.3 is 5.97 Å². The van der Waals surface area contributed by atoms with Crippen LogP contribution in [0.25, 0.3) is 0 Å². The molecule has 16 heavy (non-hydrogen) atoms. The summed E-state index contributed by atoms with van der Waals surface area (Å²) >= 11 is 0. The van der Waals surface area contributed by atoms with Crippen LogP contribution in [0.3, 0.4) is 0 Å². The first kappa shape index (κ1) is 14.9. The quantitative estimate of drug-likeness (QED) is 0.727. The van der Waals surface area contributed by atoms with Gasteiger partial charge in [-0.1, -0.05) is 27.2 Å². The Kier molecular flexibility index (Phi) is 6.77. The zero-order valence-corrected chi connectivity index (χ0v) is 10.7. The number of carboxylic acids is 1. The molecule has 0 aliphatic carbocycles. The lowest BCUT2D eigenvalue weighted by atomic mass is 10.0. The standard InChI is InChI=1S/C12H23NO3/c1-5-9(3)7-11(14)13(8-12(15)16)10(4)6-2/h9-10H,5-8H2,1-4H3,(H,15,16)/t9-,10-/m0/s1. The fourth-order valence-corrected chi connectivity index (χ4v) is 1.42. The van der Waals surface area contributed by atoms with Gasteiger partial charge in [0.25, 0.3) is 0 Å². The van der Waals surface area contributed by atoms with E-state index < -0.39 is 5.97 Å². The normalized spacial score (nSPS) is 14.2. The molecule has 0 spiro atoms. The van der Waals surface area contributed by atoms with Gasteiger partial charge in [-0.05, 0) is 19.3 Å². The van der Waals surface area contributed by atoms with Crippen molar-refractivity contribution in [3.63, 3.8) is 0 Å². The van der Waals surface area contributed by atoms with Crippen molar-refractivity contribution >= 4 is 11.9 Å². The van der Waals surface area contributed by atoms with Gasteiger partial charge in [0, 0.05) is 12.5 Å². The van der Waals surface area contributed by atoms with Crippen LogP contribution in [0.4, 0.5) is 0 Å².